The second-order valence-electron chi connectivity index (χ2n) is 7.51. The van der Waals surface area contributed by atoms with E-state index >= 15 is 0 Å². The van der Waals surface area contributed by atoms with Crippen molar-refractivity contribution in [2.45, 2.75) is 53.1 Å². The normalized spacial score (nSPS) is 18.3. The number of aromatic nitrogens is 4. The molecule has 1 amide bonds. The Morgan fingerprint density at radius 1 is 1.26 bits per heavy atom. The molecule has 9 heteroatoms. The number of anilines is 2. The number of rotatable bonds is 7. The third-order valence-electron chi connectivity index (χ3n) is 4.35. The third-order valence-corrected chi connectivity index (χ3v) is 4.35. The quantitative estimate of drug-likeness (QED) is 0.787. The van der Waals surface area contributed by atoms with Crippen LogP contribution in [-0.4, -0.2) is 38.9 Å². The number of ether oxygens (including phenoxy) is 1. The van der Waals surface area contributed by atoms with Gasteiger partial charge < -0.3 is 14.6 Å². The zero-order chi connectivity index (χ0) is 19.6. The molecule has 1 aliphatic rings. The van der Waals surface area contributed by atoms with Crippen molar-refractivity contribution < 1.29 is 14.1 Å². The molecule has 1 fully saturated rings. The Bertz CT molecular complexity index is 791. The van der Waals surface area contributed by atoms with E-state index in [0.717, 1.165) is 6.42 Å². The van der Waals surface area contributed by atoms with Gasteiger partial charge in [0.2, 0.25) is 11.8 Å². The van der Waals surface area contributed by atoms with E-state index in [1.165, 1.54) is 0 Å². The second-order valence-corrected chi connectivity index (χ2v) is 7.51. The highest BCUT2D eigenvalue weighted by Gasteiger charge is 2.37. The fraction of sp³-hybridized carbons (Fsp3) is 0.611. The van der Waals surface area contributed by atoms with Gasteiger partial charge in [0, 0.05) is 12.6 Å². The van der Waals surface area contributed by atoms with Gasteiger partial charge >= 0.3 is 6.09 Å². The maximum absolute atomic E-state index is 12.1. The van der Waals surface area contributed by atoms with Crippen LogP contribution in [-0.2, 0) is 11.2 Å². The van der Waals surface area contributed by atoms with Crippen LogP contribution in [0.3, 0.4) is 0 Å². The van der Waals surface area contributed by atoms with Crippen LogP contribution < -0.4 is 10.2 Å². The van der Waals surface area contributed by atoms with Crippen molar-refractivity contribution in [1.82, 2.24) is 20.1 Å². The lowest BCUT2D eigenvalue weighted by Crippen LogP contribution is -2.37. The summed E-state index contributed by atoms with van der Waals surface area (Å²) in [6, 6.07) is 1.39. The average molecular weight is 374 g/mol. The number of hydrogen-bond donors (Lipinski definition) is 1. The number of carbonyl (C=O) groups excluding carboxylic acids is 1. The van der Waals surface area contributed by atoms with Gasteiger partial charge in [-0.05, 0) is 24.8 Å². The van der Waals surface area contributed by atoms with Crippen molar-refractivity contribution in [2.24, 2.45) is 11.8 Å². The van der Waals surface area contributed by atoms with Crippen molar-refractivity contribution in [3.05, 3.63) is 24.0 Å². The summed E-state index contributed by atoms with van der Waals surface area (Å²) in [6.45, 7) is 10.6. The molecule has 2 atom stereocenters. The van der Waals surface area contributed by atoms with Crippen LogP contribution in [0.5, 0.6) is 0 Å². The molecule has 2 unspecified atom stereocenters. The number of hydrogen-bond acceptors (Lipinski definition) is 8. The standard InChI is InChI=1S/C18H26N6O3/c1-10(2)8-14-21-16(27-23-14)12(5)20-17-19-7-6-15(22-17)24-13(11(3)4)9-26-18(24)25/h6-7,10-13H,8-9H2,1-5H3,(H,19,20,22). The van der Waals surface area contributed by atoms with Crippen LogP contribution in [0.15, 0.2) is 16.8 Å². The fourth-order valence-electron chi connectivity index (χ4n) is 2.89. The van der Waals surface area contributed by atoms with Crippen LogP contribution in [0.1, 0.15) is 52.4 Å². The topological polar surface area (TPSA) is 106 Å². The van der Waals surface area contributed by atoms with Gasteiger partial charge in [-0.25, -0.2) is 9.78 Å². The van der Waals surface area contributed by atoms with Crippen molar-refractivity contribution in [3.63, 3.8) is 0 Å². The molecule has 0 aromatic carbocycles. The molecule has 9 nitrogen and oxygen atoms in total. The molecule has 27 heavy (non-hydrogen) atoms. The molecule has 3 rings (SSSR count). The summed E-state index contributed by atoms with van der Waals surface area (Å²) in [5.74, 6) is 2.74. The Hall–Kier alpha value is -2.71. The summed E-state index contributed by atoms with van der Waals surface area (Å²) in [4.78, 5) is 26.8. The highest BCUT2D eigenvalue weighted by molar-refractivity contribution is 5.89. The molecule has 1 N–H and O–H groups in total. The SMILES string of the molecule is CC(C)Cc1noc(C(C)Nc2nccc(N3C(=O)OCC3C(C)C)n2)n1. The maximum Gasteiger partial charge on any atom is 0.415 e. The summed E-state index contributed by atoms with van der Waals surface area (Å²) in [5.41, 5.74) is 0. The van der Waals surface area contributed by atoms with Crippen LogP contribution in [0.2, 0.25) is 0 Å². The number of amides is 1. The lowest BCUT2D eigenvalue weighted by molar-refractivity contribution is 0.177. The highest BCUT2D eigenvalue weighted by Crippen LogP contribution is 2.26. The summed E-state index contributed by atoms with van der Waals surface area (Å²) < 4.78 is 10.5. The zero-order valence-corrected chi connectivity index (χ0v) is 16.3. The molecule has 3 heterocycles. The summed E-state index contributed by atoms with van der Waals surface area (Å²) >= 11 is 0. The van der Waals surface area contributed by atoms with Crippen molar-refractivity contribution >= 4 is 17.9 Å². The van der Waals surface area contributed by atoms with Gasteiger partial charge in [-0.15, -0.1) is 0 Å². The zero-order valence-electron chi connectivity index (χ0n) is 16.3. The van der Waals surface area contributed by atoms with Crippen LogP contribution in [0, 0.1) is 11.8 Å². The molecular formula is C18H26N6O3. The highest BCUT2D eigenvalue weighted by atomic mass is 16.6. The molecule has 0 bridgehead atoms. The van der Waals surface area contributed by atoms with Crippen molar-refractivity contribution in [2.75, 3.05) is 16.8 Å². The fourth-order valence-corrected chi connectivity index (χ4v) is 2.89. The minimum absolute atomic E-state index is 0.0489. The molecule has 1 saturated heterocycles. The van der Waals surface area contributed by atoms with E-state index < -0.39 is 0 Å². The average Bonchev–Trinajstić information content (AvgIpc) is 3.21. The Kier molecular flexibility index (Phi) is 5.57. The van der Waals surface area contributed by atoms with Gasteiger partial charge in [-0.2, -0.15) is 9.97 Å². The molecular weight excluding hydrogens is 348 g/mol. The predicted octanol–water partition coefficient (Wildman–Crippen LogP) is 3.21. The Labute approximate surface area is 158 Å². The first kappa shape index (κ1) is 19.1. The molecule has 0 aliphatic carbocycles. The van der Waals surface area contributed by atoms with Gasteiger partial charge in [0.15, 0.2) is 5.82 Å². The van der Waals surface area contributed by atoms with Crippen molar-refractivity contribution in [1.29, 1.82) is 0 Å². The first-order valence-corrected chi connectivity index (χ1v) is 9.23. The lowest BCUT2D eigenvalue weighted by Gasteiger charge is -2.23. The van der Waals surface area contributed by atoms with E-state index in [0.29, 0.717) is 36.0 Å². The Morgan fingerprint density at radius 2 is 2.04 bits per heavy atom. The molecule has 1 aliphatic heterocycles. The van der Waals surface area contributed by atoms with E-state index in [1.807, 2.05) is 20.8 Å². The number of nitrogens with one attached hydrogen (secondary N) is 1. The molecule has 2 aromatic rings. The summed E-state index contributed by atoms with van der Waals surface area (Å²) in [6.07, 6.45) is 1.98. The largest absolute Gasteiger partial charge is 0.447 e. The van der Waals surface area contributed by atoms with Crippen molar-refractivity contribution in [3.8, 4) is 0 Å². The maximum atomic E-state index is 12.1. The third kappa shape index (κ3) is 4.35. The van der Waals surface area contributed by atoms with Gasteiger partial charge in [-0.3, -0.25) is 4.90 Å². The number of nitrogens with zero attached hydrogens (tertiary/aromatic N) is 5. The van der Waals surface area contributed by atoms with E-state index in [9.17, 15) is 4.79 Å². The van der Waals surface area contributed by atoms with E-state index in [-0.39, 0.29) is 24.1 Å². The first-order valence-electron chi connectivity index (χ1n) is 9.23. The lowest BCUT2D eigenvalue weighted by atomic mass is 10.0. The number of cyclic esters (lactones) is 1. The number of carbonyl (C=O) groups is 1. The van der Waals surface area contributed by atoms with Crippen LogP contribution in [0.4, 0.5) is 16.6 Å². The minimum Gasteiger partial charge on any atom is -0.447 e. The second kappa shape index (κ2) is 7.89. The summed E-state index contributed by atoms with van der Waals surface area (Å²) in [7, 11) is 0. The minimum atomic E-state index is -0.387. The van der Waals surface area contributed by atoms with E-state index in [1.54, 1.807) is 17.2 Å². The molecule has 146 valence electrons. The summed E-state index contributed by atoms with van der Waals surface area (Å²) in [5, 5.41) is 7.15. The van der Waals surface area contributed by atoms with E-state index in [2.05, 4.69) is 39.3 Å². The smallest absolute Gasteiger partial charge is 0.415 e. The Morgan fingerprint density at radius 3 is 2.74 bits per heavy atom. The van der Waals surface area contributed by atoms with Gasteiger partial charge in [0.1, 0.15) is 18.5 Å². The van der Waals surface area contributed by atoms with Crippen LogP contribution >= 0.6 is 0 Å². The molecule has 0 spiro atoms. The molecule has 0 saturated carbocycles. The molecule has 2 aromatic heterocycles. The van der Waals surface area contributed by atoms with E-state index in [4.69, 9.17) is 9.26 Å². The van der Waals surface area contributed by atoms with Gasteiger partial charge in [-0.1, -0.05) is 32.9 Å². The Balaban J connectivity index is 1.74. The predicted molar refractivity (Wildman–Crippen MR) is 99.4 cm³/mol. The molecule has 0 radical (unpaired) electrons. The van der Waals surface area contributed by atoms with Gasteiger partial charge in [0.05, 0.1) is 6.04 Å². The first-order chi connectivity index (χ1) is 12.8. The monoisotopic (exact) mass is 374 g/mol. The van der Waals surface area contributed by atoms with Gasteiger partial charge in [0.25, 0.3) is 0 Å². The van der Waals surface area contributed by atoms with Crippen LogP contribution in [0.25, 0.3) is 0 Å².